The molecule has 0 aromatic rings. The van der Waals surface area contributed by atoms with Gasteiger partial charge in [0, 0.05) is 39.1 Å². The zero-order chi connectivity index (χ0) is 19.1. The van der Waals surface area contributed by atoms with Crippen LogP contribution in [0.25, 0.3) is 0 Å². The summed E-state index contributed by atoms with van der Waals surface area (Å²) in [5, 5.41) is 2.83. The summed E-state index contributed by atoms with van der Waals surface area (Å²) in [6.45, 7) is 6.79. The van der Waals surface area contributed by atoms with E-state index in [2.05, 4.69) is 19.2 Å². The fourth-order valence-electron chi connectivity index (χ4n) is 3.91. The average Bonchev–Trinajstić information content (AvgIpc) is 2.64. The molecule has 0 aromatic heterocycles. The van der Waals surface area contributed by atoms with Gasteiger partial charge in [-0.15, -0.1) is 0 Å². The van der Waals surface area contributed by atoms with Gasteiger partial charge in [0.2, 0.25) is 17.7 Å². The molecule has 0 bridgehead atoms. The number of likely N-dealkylation sites (tertiary alicyclic amines) is 2. The number of piperidine rings is 2. The van der Waals surface area contributed by atoms with Crippen molar-refractivity contribution in [2.45, 2.75) is 58.4 Å². The summed E-state index contributed by atoms with van der Waals surface area (Å²) in [5.74, 6) is 0.209. The molecule has 2 atom stereocenters. The Morgan fingerprint density at radius 2 is 2.00 bits per heavy atom. The van der Waals surface area contributed by atoms with Gasteiger partial charge < -0.3 is 20.9 Å². The molecule has 3 N–H and O–H groups in total. The summed E-state index contributed by atoms with van der Waals surface area (Å²) < 4.78 is 0. The minimum absolute atomic E-state index is 0.00488. The quantitative estimate of drug-likeness (QED) is 0.694. The van der Waals surface area contributed by atoms with Crippen LogP contribution in [-0.4, -0.2) is 66.3 Å². The Hall–Kier alpha value is -1.63. The molecule has 2 saturated heterocycles. The first kappa shape index (κ1) is 20.7. The van der Waals surface area contributed by atoms with Gasteiger partial charge in [-0.05, 0) is 38.0 Å². The highest BCUT2D eigenvalue weighted by Crippen LogP contribution is 2.24. The van der Waals surface area contributed by atoms with Crippen molar-refractivity contribution in [1.29, 1.82) is 0 Å². The van der Waals surface area contributed by atoms with Gasteiger partial charge >= 0.3 is 0 Å². The molecule has 2 rings (SSSR count). The third kappa shape index (κ3) is 5.43. The Bertz CT molecular complexity index is 509. The minimum atomic E-state index is -0.395. The van der Waals surface area contributed by atoms with Crippen LogP contribution < -0.4 is 11.1 Å². The number of nitrogens with two attached hydrogens (primary N) is 1. The van der Waals surface area contributed by atoms with Crippen LogP contribution in [0, 0.1) is 11.8 Å². The Morgan fingerprint density at radius 1 is 1.23 bits per heavy atom. The van der Waals surface area contributed by atoms with Crippen LogP contribution >= 0.6 is 0 Å². The second-order valence-corrected chi connectivity index (χ2v) is 7.89. The molecule has 0 spiro atoms. The predicted octanol–water partition coefficient (Wildman–Crippen LogP) is 0.727. The molecule has 0 saturated carbocycles. The van der Waals surface area contributed by atoms with Crippen molar-refractivity contribution in [1.82, 2.24) is 15.1 Å². The summed E-state index contributed by atoms with van der Waals surface area (Å²) in [6.07, 6.45) is 4.67. The van der Waals surface area contributed by atoms with Crippen LogP contribution in [-0.2, 0) is 14.4 Å². The Morgan fingerprint density at radius 3 is 2.65 bits per heavy atom. The van der Waals surface area contributed by atoms with Crippen LogP contribution in [0.15, 0.2) is 0 Å². The van der Waals surface area contributed by atoms with Crippen molar-refractivity contribution in [3.05, 3.63) is 0 Å². The highest BCUT2D eigenvalue weighted by Gasteiger charge is 2.37. The SMILES string of the molecule is CC(C)CC(C(=O)N1CCCC(C(=O)NCCN)C1)N1CCCCC1=O. The molecule has 26 heavy (non-hydrogen) atoms. The first-order chi connectivity index (χ1) is 12.4. The van der Waals surface area contributed by atoms with Crippen molar-refractivity contribution >= 4 is 17.7 Å². The number of nitrogens with one attached hydrogen (secondary N) is 1. The van der Waals surface area contributed by atoms with Crippen LogP contribution in [0.2, 0.25) is 0 Å². The fraction of sp³-hybridized carbons (Fsp3) is 0.842. The zero-order valence-corrected chi connectivity index (χ0v) is 16.2. The van der Waals surface area contributed by atoms with Crippen molar-refractivity contribution in [3.63, 3.8) is 0 Å². The molecule has 0 aromatic carbocycles. The summed E-state index contributed by atoms with van der Waals surface area (Å²) in [5.41, 5.74) is 5.45. The van der Waals surface area contributed by atoms with E-state index in [1.165, 1.54) is 0 Å². The summed E-state index contributed by atoms with van der Waals surface area (Å²) in [6, 6.07) is -0.395. The summed E-state index contributed by atoms with van der Waals surface area (Å²) in [7, 11) is 0. The second-order valence-electron chi connectivity index (χ2n) is 7.89. The predicted molar refractivity (Wildman–Crippen MR) is 100 cm³/mol. The van der Waals surface area contributed by atoms with E-state index < -0.39 is 6.04 Å². The van der Waals surface area contributed by atoms with Gasteiger partial charge in [-0.3, -0.25) is 14.4 Å². The Kier molecular flexibility index (Phi) is 7.87. The van der Waals surface area contributed by atoms with E-state index in [0.29, 0.717) is 51.5 Å². The second kappa shape index (κ2) is 9.90. The largest absolute Gasteiger partial charge is 0.355 e. The van der Waals surface area contributed by atoms with Crippen molar-refractivity contribution < 1.29 is 14.4 Å². The monoisotopic (exact) mass is 366 g/mol. The van der Waals surface area contributed by atoms with Gasteiger partial charge in [0.15, 0.2) is 0 Å². The van der Waals surface area contributed by atoms with E-state index in [9.17, 15) is 14.4 Å². The van der Waals surface area contributed by atoms with E-state index in [-0.39, 0.29) is 23.6 Å². The molecule has 2 unspecified atom stereocenters. The van der Waals surface area contributed by atoms with Crippen LogP contribution in [0.5, 0.6) is 0 Å². The van der Waals surface area contributed by atoms with Gasteiger partial charge in [0.1, 0.15) is 6.04 Å². The first-order valence-corrected chi connectivity index (χ1v) is 10.00. The number of carbonyl (C=O) groups excluding carboxylic acids is 3. The van der Waals surface area contributed by atoms with Gasteiger partial charge in [0.25, 0.3) is 0 Å². The molecule has 148 valence electrons. The van der Waals surface area contributed by atoms with Crippen molar-refractivity contribution in [3.8, 4) is 0 Å². The third-order valence-electron chi connectivity index (χ3n) is 5.26. The minimum Gasteiger partial charge on any atom is -0.355 e. The van der Waals surface area contributed by atoms with E-state index in [1.807, 2.05) is 0 Å². The summed E-state index contributed by atoms with van der Waals surface area (Å²) >= 11 is 0. The lowest BCUT2D eigenvalue weighted by Crippen LogP contribution is -2.55. The van der Waals surface area contributed by atoms with Crippen LogP contribution in [0.1, 0.15) is 52.4 Å². The highest BCUT2D eigenvalue weighted by atomic mass is 16.2. The van der Waals surface area contributed by atoms with Crippen molar-refractivity contribution in [2.75, 3.05) is 32.7 Å². The number of rotatable bonds is 7. The van der Waals surface area contributed by atoms with E-state index >= 15 is 0 Å². The molecule has 2 aliphatic rings. The highest BCUT2D eigenvalue weighted by molar-refractivity contribution is 5.88. The van der Waals surface area contributed by atoms with E-state index in [1.54, 1.807) is 9.80 Å². The van der Waals surface area contributed by atoms with Gasteiger partial charge in [-0.25, -0.2) is 0 Å². The molecule has 0 radical (unpaired) electrons. The Balaban J connectivity index is 2.06. The number of hydrogen-bond donors (Lipinski definition) is 2. The molecule has 2 aliphatic heterocycles. The smallest absolute Gasteiger partial charge is 0.245 e. The van der Waals surface area contributed by atoms with Crippen LogP contribution in [0.4, 0.5) is 0 Å². The number of amides is 3. The normalized spacial score (nSPS) is 22.5. The van der Waals surface area contributed by atoms with Gasteiger partial charge in [-0.1, -0.05) is 13.8 Å². The molecule has 2 fully saturated rings. The van der Waals surface area contributed by atoms with E-state index in [4.69, 9.17) is 5.73 Å². The number of nitrogens with zero attached hydrogens (tertiary/aromatic N) is 2. The molecule has 7 heteroatoms. The lowest BCUT2D eigenvalue weighted by atomic mass is 9.94. The third-order valence-corrected chi connectivity index (χ3v) is 5.26. The molecule has 7 nitrogen and oxygen atoms in total. The number of hydrogen-bond acceptors (Lipinski definition) is 4. The summed E-state index contributed by atoms with van der Waals surface area (Å²) in [4.78, 5) is 41.5. The average molecular weight is 367 g/mol. The standard InChI is InChI=1S/C19H34N4O3/c1-14(2)12-16(23-11-4-3-7-17(23)24)19(26)22-10-5-6-15(13-22)18(25)21-9-8-20/h14-16H,3-13,20H2,1-2H3,(H,21,25). The van der Waals surface area contributed by atoms with Gasteiger partial charge in [-0.2, -0.15) is 0 Å². The van der Waals surface area contributed by atoms with Gasteiger partial charge in [0.05, 0.1) is 5.92 Å². The molecule has 2 heterocycles. The maximum absolute atomic E-state index is 13.2. The maximum Gasteiger partial charge on any atom is 0.245 e. The lowest BCUT2D eigenvalue weighted by molar-refractivity contribution is -0.150. The molecule has 3 amide bonds. The first-order valence-electron chi connectivity index (χ1n) is 10.00. The van der Waals surface area contributed by atoms with Crippen molar-refractivity contribution in [2.24, 2.45) is 17.6 Å². The molecular weight excluding hydrogens is 332 g/mol. The maximum atomic E-state index is 13.2. The Labute approximate surface area is 156 Å². The number of carbonyl (C=O) groups is 3. The topological polar surface area (TPSA) is 95.7 Å². The van der Waals surface area contributed by atoms with E-state index in [0.717, 1.165) is 25.7 Å². The zero-order valence-electron chi connectivity index (χ0n) is 16.2. The fourth-order valence-corrected chi connectivity index (χ4v) is 3.91. The lowest BCUT2D eigenvalue weighted by Gasteiger charge is -2.40. The molecule has 0 aliphatic carbocycles. The van der Waals surface area contributed by atoms with Crippen LogP contribution in [0.3, 0.4) is 0 Å². The molecular formula is C19H34N4O3.